The topological polar surface area (TPSA) is 32.3 Å². The van der Waals surface area contributed by atoms with Crippen LogP contribution in [0.2, 0.25) is 0 Å². The highest BCUT2D eigenvalue weighted by molar-refractivity contribution is 9.10. The number of halogens is 1. The van der Waals surface area contributed by atoms with Crippen LogP contribution < -0.4 is 5.32 Å². The number of hydrogen-bond acceptors (Lipinski definition) is 2. The first-order chi connectivity index (χ1) is 10.1. The minimum Gasteiger partial charge on any atom is -0.347 e. The van der Waals surface area contributed by atoms with Gasteiger partial charge in [-0.3, -0.25) is 9.69 Å². The number of benzene rings is 1. The zero-order valence-corrected chi connectivity index (χ0v) is 14.2. The predicted molar refractivity (Wildman–Crippen MR) is 88.5 cm³/mol. The van der Waals surface area contributed by atoms with Gasteiger partial charge >= 0.3 is 0 Å². The molecule has 1 spiro atoms. The molecule has 0 unspecified atom stereocenters. The van der Waals surface area contributed by atoms with E-state index in [9.17, 15) is 4.79 Å². The van der Waals surface area contributed by atoms with Crippen molar-refractivity contribution in [3.05, 3.63) is 34.3 Å². The van der Waals surface area contributed by atoms with Crippen molar-refractivity contribution in [1.29, 1.82) is 0 Å². The molecule has 1 N–H and O–H groups in total. The molecule has 0 radical (unpaired) electrons. The lowest BCUT2D eigenvalue weighted by atomic mass is 9.75. The minimum absolute atomic E-state index is 0.0500. The second-order valence-corrected chi connectivity index (χ2v) is 7.23. The molecule has 2 fully saturated rings. The highest BCUT2D eigenvalue weighted by Gasteiger charge is 2.47. The van der Waals surface area contributed by atoms with Gasteiger partial charge in [0.2, 0.25) is 0 Å². The van der Waals surface area contributed by atoms with E-state index in [1.165, 1.54) is 32.1 Å². The number of amides is 1. The second kappa shape index (κ2) is 6.09. The number of nitrogens with zero attached hydrogens (tertiary/aromatic N) is 1. The fraction of sp³-hybridized carbons (Fsp3) is 0.588. The summed E-state index contributed by atoms with van der Waals surface area (Å²) in [6.45, 7) is 1.15. The minimum atomic E-state index is 0.0500. The number of carbonyl (C=O) groups is 1. The molecule has 4 heteroatoms. The first-order valence-corrected chi connectivity index (χ1v) is 8.69. The van der Waals surface area contributed by atoms with Crippen LogP contribution >= 0.6 is 15.9 Å². The Labute approximate surface area is 135 Å². The van der Waals surface area contributed by atoms with Gasteiger partial charge < -0.3 is 5.32 Å². The van der Waals surface area contributed by atoms with Gasteiger partial charge in [0.1, 0.15) is 0 Å². The number of hydrogen-bond donors (Lipinski definition) is 1. The molecule has 0 bridgehead atoms. The van der Waals surface area contributed by atoms with Crippen molar-refractivity contribution in [3.63, 3.8) is 0 Å². The number of rotatable bonds is 2. The fourth-order valence-corrected chi connectivity index (χ4v) is 4.57. The van der Waals surface area contributed by atoms with E-state index in [0.717, 1.165) is 23.0 Å². The summed E-state index contributed by atoms with van der Waals surface area (Å²) < 4.78 is 0.868. The summed E-state index contributed by atoms with van der Waals surface area (Å²) in [5.74, 6) is 0.0500. The second-order valence-electron chi connectivity index (χ2n) is 6.38. The summed E-state index contributed by atoms with van der Waals surface area (Å²) in [7, 11) is 2.22. The molecule has 3 rings (SSSR count). The summed E-state index contributed by atoms with van der Waals surface area (Å²) in [6, 6.07) is 7.94. The Balaban J connectivity index is 1.79. The highest BCUT2D eigenvalue weighted by Crippen LogP contribution is 2.41. The third-order valence-corrected chi connectivity index (χ3v) is 5.98. The Morgan fingerprint density at radius 2 is 2.05 bits per heavy atom. The molecule has 0 aromatic heterocycles. The van der Waals surface area contributed by atoms with Crippen molar-refractivity contribution in [2.45, 2.75) is 50.1 Å². The molecule has 1 heterocycles. The smallest absolute Gasteiger partial charge is 0.252 e. The first kappa shape index (κ1) is 15.0. The largest absolute Gasteiger partial charge is 0.347 e. The fourth-order valence-electron chi connectivity index (χ4n) is 4.10. The molecule has 21 heavy (non-hydrogen) atoms. The van der Waals surface area contributed by atoms with Crippen LogP contribution in [0.3, 0.4) is 0 Å². The monoisotopic (exact) mass is 350 g/mol. The highest BCUT2D eigenvalue weighted by atomic mass is 79.9. The van der Waals surface area contributed by atoms with Gasteiger partial charge in [0.15, 0.2) is 0 Å². The Hall–Kier alpha value is -0.870. The molecule has 1 amide bonds. The lowest BCUT2D eigenvalue weighted by Gasteiger charge is -2.46. The summed E-state index contributed by atoms with van der Waals surface area (Å²) in [4.78, 5) is 15.1. The Kier molecular flexibility index (Phi) is 4.36. The predicted octanol–water partition coefficient (Wildman–Crippen LogP) is 3.59. The first-order valence-electron chi connectivity index (χ1n) is 7.90. The summed E-state index contributed by atoms with van der Waals surface area (Å²) in [6.07, 6.45) is 7.27. The van der Waals surface area contributed by atoms with Crippen molar-refractivity contribution in [3.8, 4) is 0 Å². The van der Waals surface area contributed by atoms with E-state index in [-0.39, 0.29) is 17.5 Å². The molecule has 1 aromatic rings. The average Bonchev–Trinajstić information content (AvgIpc) is 2.84. The molecule has 2 atom stereocenters. The van der Waals surface area contributed by atoms with Gasteiger partial charge in [-0.05, 0) is 67.3 Å². The third-order valence-electron chi connectivity index (χ3n) is 5.29. The van der Waals surface area contributed by atoms with Crippen LogP contribution in [0.1, 0.15) is 48.9 Å². The maximum Gasteiger partial charge on any atom is 0.252 e. The van der Waals surface area contributed by atoms with Crippen molar-refractivity contribution in [2.75, 3.05) is 13.6 Å². The van der Waals surface area contributed by atoms with E-state index in [4.69, 9.17) is 0 Å². The quantitative estimate of drug-likeness (QED) is 0.883. The molecule has 1 saturated heterocycles. The lowest BCUT2D eigenvalue weighted by Crippen LogP contribution is -2.59. The number of carbonyl (C=O) groups excluding carboxylic acids is 1. The van der Waals surface area contributed by atoms with Gasteiger partial charge in [-0.15, -0.1) is 0 Å². The van der Waals surface area contributed by atoms with Crippen molar-refractivity contribution >= 4 is 21.8 Å². The Bertz CT molecular complexity index is 533. The molecule has 1 aromatic carbocycles. The molecular weight excluding hydrogens is 328 g/mol. The maximum atomic E-state index is 12.6. The van der Waals surface area contributed by atoms with Gasteiger partial charge in [0, 0.05) is 16.1 Å². The van der Waals surface area contributed by atoms with E-state index in [2.05, 4.69) is 33.2 Å². The molecule has 3 nitrogen and oxygen atoms in total. The van der Waals surface area contributed by atoms with Gasteiger partial charge in [0.05, 0.1) is 5.56 Å². The third kappa shape index (κ3) is 2.76. The Morgan fingerprint density at radius 1 is 1.29 bits per heavy atom. The van der Waals surface area contributed by atoms with Gasteiger partial charge in [-0.25, -0.2) is 0 Å². The van der Waals surface area contributed by atoms with Crippen LogP contribution in [0.25, 0.3) is 0 Å². The van der Waals surface area contributed by atoms with E-state index in [1.807, 2.05) is 24.3 Å². The van der Waals surface area contributed by atoms with E-state index >= 15 is 0 Å². The van der Waals surface area contributed by atoms with Gasteiger partial charge in [-0.2, -0.15) is 0 Å². The Morgan fingerprint density at radius 3 is 2.76 bits per heavy atom. The zero-order valence-electron chi connectivity index (χ0n) is 12.6. The summed E-state index contributed by atoms with van der Waals surface area (Å²) in [5.41, 5.74) is 0.925. The number of likely N-dealkylation sites (N-methyl/N-ethyl adjacent to an activating group) is 1. The van der Waals surface area contributed by atoms with Crippen LogP contribution in [0, 0.1) is 0 Å². The van der Waals surface area contributed by atoms with E-state index in [1.54, 1.807) is 0 Å². The molecule has 1 aliphatic carbocycles. The van der Waals surface area contributed by atoms with Crippen molar-refractivity contribution in [1.82, 2.24) is 10.2 Å². The van der Waals surface area contributed by atoms with Crippen molar-refractivity contribution in [2.24, 2.45) is 0 Å². The van der Waals surface area contributed by atoms with Crippen LogP contribution in [0.5, 0.6) is 0 Å². The lowest BCUT2D eigenvalue weighted by molar-refractivity contribution is 0.0640. The van der Waals surface area contributed by atoms with Gasteiger partial charge in [0.25, 0.3) is 5.91 Å². The average molecular weight is 351 g/mol. The summed E-state index contributed by atoms with van der Waals surface area (Å²) >= 11 is 3.48. The zero-order chi connectivity index (χ0) is 14.9. The number of likely N-dealkylation sites (tertiary alicyclic amines) is 1. The maximum absolute atomic E-state index is 12.6. The SMILES string of the molecule is CN1CCC[C@@]12CCCC[C@@H]2NC(=O)c1ccccc1Br. The van der Waals surface area contributed by atoms with Gasteiger partial charge in [-0.1, -0.05) is 25.0 Å². The molecule has 114 valence electrons. The van der Waals surface area contributed by atoms with Crippen LogP contribution in [-0.2, 0) is 0 Å². The molecule has 1 aliphatic heterocycles. The molecule has 1 saturated carbocycles. The van der Waals surface area contributed by atoms with Crippen molar-refractivity contribution < 1.29 is 4.79 Å². The standard InChI is InChI=1S/C17H23BrN2O/c1-20-12-6-11-17(20)10-5-4-9-15(17)19-16(21)13-7-2-3-8-14(13)18/h2-3,7-8,15H,4-6,9-12H2,1H3,(H,19,21)/t15-,17+/m0/s1. The number of nitrogens with one attached hydrogen (secondary N) is 1. The van der Waals surface area contributed by atoms with E-state index in [0.29, 0.717) is 0 Å². The van der Waals surface area contributed by atoms with E-state index < -0.39 is 0 Å². The molecular formula is C17H23BrN2O. The van der Waals surface area contributed by atoms with Crippen LogP contribution in [-0.4, -0.2) is 36.0 Å². The molecule has 2 aliphatic rings. The normalized spacial score (nSPS) is 29.7. The summed E-state index contributed by atoms with van der Waals surface area (Å²) in [5, 5.41) is 3.33. The van der Waals surface area contributed by atoms with Crippen LogP contribution in [0.4, 0.5) is 0 Å². The van der Waals surface area contributed by atoms with Crippen LogP contribution in [0.15, 0.2) is 28.7 Å².